The van der Waals surface area contributed by atoms with E-state index >= 15 is 0 Å². The van der Waals surface area contributed by atoms with E-state index in [4.69, 9.17) is 30.6 Å². The lowest BCUT2D eigenvalue weighted by Crippen LogP contribution is -2.35. The van der Waals surface area contributed by atoms with Crippen molar-refractivity contribution in [2.45, 2.75) is 59.8 Å². The molecule has 0 bridgehead atoms. The number of hydrogen-bond acceptors (Lipinski definition) is 12. The maximum Gasteiger partial charge on any atom is 0.248 e. The van der Waals surface area contributed by atoms with Gasteiger partial charge in [-0.05, 0) is 55.7 Å². The molecular weight excluding hydrogens is 704 g/mol. The number of benzene rings is 2. The van der Waals surface area contributed by atoms with Gasteiger partial charge in [-0.2, -0.15) is 5.10 Å². The van der Waals surface area contributed by atoms with Crippen LogP contribution in [0.1, 0.15) is 56.9 Å². The molecule has 2 amide bonds. The number of aliphatic hydroxyl groups excluding tert-OH is 1. The van der Waals surface area contributed by atoms with Gasteiger partial charge in [-0.25, -0.2) is 19.6 Å². The number of fused-ring (bicyclic) bond motifs is 2. The molecule has 288 valence electrons. The fraction of sp³-hybridized carbons (Fsp3) is 0.368. The number of imidazole rings is 2. The summed E-state index contributed by atoms with van der Waals surface area (Å²) in [7, 11) is 0. The monoisotopic (exact) mass is 750 g/mol. The number of nitrogens with one attached hydrogen (secondary N) is 2. The van der Waals surface area contributed by atoms with E-state index in [1.807, 2.05) is 48.8 Å². The Hall–Kier alpha value is -6.04. The second-order valence-electron chi connectivity index (χ2n) is 13.5. The number of carbonyl (C=O) groups excluding carboxylic acids is 2. The Morgan fingerprint density at radius 2 is 1.62 bits per heavy atom. The summed E-state index contributed by atoms with van der Waals surface area (Å²) < 4.78 is 17.4. The Morgan fingerprint density at radius 1 is 0.909 bits per heavy atom. The number of aromatic nitrogens is 7. The number of ether oxygens (including phenoxy) is 1. The predicted octanol–water partition coefficient (Wildman–Crippen LogP) is 3.91. The Balaban J connectivity index is 1.26. The summed E-state index contributed by atoms with van der Waals surface area (Å²) in [5, 5.41) is 20.8. The van der Waals surface area contributed by atoms with Gasteiger partial charge in [0.1, 0.15) is 11.5 Å². The van der Waals surface area contributed by atoms with Gasteiger partial charge in [0.25, 0.3) is 0 Å². The smallest absolute Gasteiger partial charge is 0.248 e. The molecule has 0 spiro atoms. The maximum atomic E-state index is 12.5. The molecule has 1 aliphatic heterocycles. The number of hydrogen-bond donors (Lipinski definition) is 5. The van der Waals surface area contributed by atoms with Crippen molar-refractivity contribution >= 4 is 57.5 Å². The van der Waals surface area contributed by atoms with Crippen molar-refractivity contribution < 1.29 is 23.8 Å². The van der Waals surface area contributed by atoms with E-state index in [0.29, 0.717) is 98.1 Å². The van der Waals surface area contributed by atoms with Crippen LogP contribution in [0.4, 0.5) is 23.6 Å². The number of aliphatic hydroxyl groups is 1. The van der Waals surface area contributed by atoms with Crippen LogP contribution in [-0.4, -0.2) is 88.6 Å². The molecule has 1 aliphatic rings. The largest absolute Gasteiger partial charge is 0.425 e. The van der Waals surface area contributed by atoms with Crippen LogP contribution < -0.4 is 22.1 Å². The minimum absolute atomic E-state index is 0.0415. The molecular formula is C38H46N12O5. The number of amides is 2. The molecule has 17 heteroatoms. The molecule has 1 fully saturated rings. The van der Waals surface area contributed by atoms with Crippen LogP contribution >= 0.6 is 0 Å². The van der Waals surface area contributed by atoms with E-state index in [-0.39, 0.29) is 6.61 Å². The number of nitrogens with two attached hydrogens (primary N) is 2. The summed E-state index contributed by atoms with van der Waals surface area (Å²) in [6.07, 6.45) is 5.28. The summed E-state index contributed by atoms with van der Waals surface area (Å²) in [5.74, 6) is 1.77. The van der Waals surface area contributed by atoms with Gasteiger partial charge in [-0.15, -0.1) is 0 Å². The second-order valence-corrected chi connectivity index (χ2v) is 13.5. The lowest BCUT2D eigenvalue weighted by atomic mass is 10.1. The van der Waals surface area contributed by atoms with Crippen LogP contribution in [0.15, 0.2) is 53.0 Å². The standard InChI is InChI=1S/C38H46N12O5/c1-4-28-36(55-24(3)41-28)45-38-43-30-21-26(35(40)53)19-27(22-47-13-16-54-17-14-47)33(30)49(38)11-6-5-10-48-31-9-8-25(34(39)52)20-29(31)42-37(48)44-32-18-23(2)46-50(32)12-7-15-51/h5-6,8-9,18-21,51H,4,7,10-17,22H2,1-3H3,(H2,39,52)(H2,40,53)(H,42,44)(H,43,45)/b6-5+. The van der Waals surface area contributed by atoms with Crippen molar-refractivity contribution in [2.75, 3.05) is 43.5 Å². The number of rotatable bonds is 16. The number of anilines is 4. The van der Waals surface area contributed by atoms with E-state index < -0.39 is 11.8 Å². The Labute approximate surface area is 317 Å². The molecule has 2 aromatic carbocycles. The van der Waals surface area contributed by atoms with E-state index in [2.05, 4.69) is 30.2 Å². The zero-order valence-electron chi connectivity index (χ0n) is 31.2. The lowest BCUT2D eigenvalue weighted by molar-refractivity contribution is 0.0343. The van der Waals surface area contributed by atoms with Crippen LogP contribution in [0.2, 0.25) is 0 Å². The lowest BCUT2D eigenvalue weighted by Gasteiger charge is -2.27. The molecule has 55 heavy (non-hydrogen) atoms. The third-order valence-electron chi connectivity index (χ3n) is 9.51. The fourth-order valence-corrected chi connectivity index (χ4v) is 6.88. The first-order valence-corrected chi connectivity index (χ1v) is 18.4. The third kappa shape index (κ3) is 8.08. The molecule has 0 aliphatic carbocycles. The predicted molar refractivity (Wildman–Crippen MR) is 208 cm³/mol. The first-order chi connectivity index (χ1) is 26.6. The van der Waals surface area contributed by atoms with Gasteiger partial charge in [-0.3, -0.25) is 19.8 Å². The summed E-state index contributed by atoms with van der Waals surface area (Å²) >= 11 is 0. The minimum atomic E-state index is -0.539. The van der Waals surface area contributed by atoms with Crippen molar-refractivity contribution in [2.24, 2.45) is 11.5 Å². The highest BCUT2D eigenvalue weighted by molar-refractivity contribution is 5.98. The SMILES string of the molecule is CCc1nc(C)oc1Nc1nc2cc(C(N)=O)cc(CN3CCOCC3)c2n1C/C=C/Cn1c(Nc2cc(C)nn2CCCO)nc2cc(C(N)=O)ccc21. The van der Waals surface area contributed by atoms with Gasteiger partial charge < -0.3 is 40.2 Å². The zero-order chi connectivity index (χ0) is 38.6. The van der Waals surface area contributed by atoms with Crippen molar-refractivity contribution in [1.82, 2.24) is 38.8 Å². The van der Waals surface area contributed by atoms with Crippen LogP contribution in [0.25, 0.3) is 22.1 Å². The van der Waals surface area contributed by atoms with Crippen LogP contribution in [-0.2, 0) is 37.3 Å². The number of aryl methyl sites for hydroxylation is 4. The van der Waals surface area contributed by atoms with Crippen LogP contribution in [0.3, 0.4) is 0 Å². The molecule has 1 saturated heterocycles. The highest BCUT2D eigenvalue weighted by Crippen LogP contribution is 2.31. The van der Waals surface area contributed by atoms with E-state index in [0.717, 1.165) is 46.9 Å². The first-order valence-electron chi connectivity index (χ1n) is 18.4. The number of primary amides is 2. The van der Waals surface area contributed by atoms with Crippen LogP contribution in [0.5, 0.6) is 0 Å². The van der Waals surface area contributed by atoms with Crippen LogP contribution in [0, 0.1) is 13.8 Å². The van der Waals surface area contributed by atoms with Gasteiger partial charge in [-0.1, -0.05) is 19.1 Å². The van der Waals surface area contributed by atoms with Crippen molar-refractivity contribution in [1.29, 1.82) is 0 Å². The first kappa shape index (κ1) is 37.3. The average Bonchev–Trinajstić information content (AvgIpc) is 3.91. The van der Waals surface area contributed by atoms with E-state index in [9.17, 15) is 14.7 Å². The molecule has 7 rings (SSSR count). The molecule has 6 aromatic rings. The number of oxazole rings is 1. The summed E-state index contributed by atoms with van der Waals surface area (Å²) in [6.45, 7) is 10.5. The van der Waals surface area contributed by atoms with Crippen molar-refractivity contribution in [3.63, 3.8) is 0 Å². The Morgan fingerprint density at radius 3 is 2.35 bits per heavy atom. The maximum absolute atomic E-state index is 12.5. The number of carbonyl (C=O) groups is 2. The minimum Gasteiger partial charge on any atom is -0.425 e. The molecule has 4 aromatic heterocycles. The molecule has 5 heterocycles. The van der Waals surface area contributed by atoms with Gasteiger partial charge in [0.2, 0.25) is 29.6 Å². The molecule has 0 saturated carbocycles. The highest BCUT2D eigenvalue weighted by atomic mass is 16.5. The highest BCUT2D eigenvalue weighted by Gasteiger charge is 2.22. The number of allylic oxidation sites excluding steroid dienone is 2. The van der Waals surface area contributed by atoms with Crippen molar-refractivity contribution in [3.8, 4) is 0 Å². The molecule has 0 radical (unpaired) electrons. The third-order valence-corrected chi connectivity index (χ3v) is 9.51. The molecule has 0 unspecified atom stereocenters. The number of nitrogens with zero attached hydrogens (tertiary/aromatic N) is 8. The van der Waals surface area contributed by atoms with Gasteiger partial charge in [0.15, 0.2) is 5.89 Å². The summed E-state index contributed by atoms with van der Waals surface area (Å²) in [5.41, 5.74) is 17.5. The summed E-state index contributed by atoms with van der Waals surface area (Å²) in [4.78, 5) is 41.2. The summed E-state index contributed by atoms with van der Waals surface area (Å²) in [6, 6.07) is 10.7. The topological polar surface area (TPSA) is 222 Å². The normalized spacial score (nSPS) is 13.7. The molecule has 7 N–H and O–H groups in total. The quantitative estimate of drug-likeness (QED) is 0.0889. The second kappa shape index (κ2) is 16.1. The molecule has 0 atom stereocenters. The molecule has 17 nitrogen and oxygen atoms in total. The Kier molecular flexibility index (Phi) is 10.9. The van der Waals surface area contributed by atoms with E-state index in [1.165, 1.54) is 0 Å². The van der Waals surface area contributed by atoms with Crippen molar-refractivity contribution in [3.05, 3.63) is 82.5 Å². The van der Waals surface area contributed by atoms with E-state index in [1.54, 1.807) is 29.8 Å². The van der Waals surface area contributed by atoms with Gasteiger partial charge >= 0.3 is 0 Å². The fourth-order valence-electron chi connectivity index (χ4n) is 6.88. The average molecular weight is 751 g/mol. The van der Waals surface area contributed by atoms with Gasteiger partial charge in [0, 0.05) is 70.0 Å². The van der Waals surface area contributed by atoms with Gasteiger partial charge in [0.05, 0.1) is 41.0 Å². The number of morpholine rings is 1. The zero-order valence-corrected chi connectivity index (χ0v) is 31.2. The Bertz CT molecular complexity index is 2380.